The Hall–Kier alpha value is -2.46. The van der Waals surface area contributed by atoms with Crippen molar-refractivity contribution in [2.75, 3.05) is 0 Å². The van der Waals surface area contributed by atoms with Crippen molar-refractivity contribution in [3.05, 3.63) is 76.0 Å². The molecular formula is C16H13N3S. The van der Waals surface area contributed by atoms with E-state index in [9.17, 15) is 0 Å². The number of nitrogens with zero attached hydrogens (tertiary/aromatic N) is 2. The molecular weight excluding hydrogens is 266 g/mol. The molecule has 3 rings (SSSR count). The zero-order valence-corrected chi connectivity index (χ0v) is 11.5. The third-order valence-corrected chi connectivity index (χ3v) is 3.60. The Balaban J connectivity index is 1.90. The molecule has 0 unspecified atom stereocenters. The zero-order chi connectivity index (χ0) is 13.8. The molecule has 1 N–H and O–H groups in total. The van der Waals surface area contributed by atoms with Crippen LogP contribution < -0.4 is 4.80 Å². The quantitative estimate of drug-likeness (QED) is 0.782. The maximum Gasteiger partial charge on any atom is 0.205 e. The number of benzene rings is 2. The lowest BCUT2D eigenvalue weighted by atomic mass is 10.2. The summed E-state index contributed by atoms with van der Waals surface area (Å²) in [6.45, 7) is 0. The van der Waals surface area contributed by atoms with E-state index in [1.54, 1.807) is 4.68 Å². The Kier molecular flexibility index (Phi) is 3.56. The molecule has 20 heavy (non-hydrogen) atoms. The summed E-state index contributed by atoms with van der Waals surface area (Å²) in [5.74, 6) is 0. The molecule has 0 aliphatic carbocycles. The summed E-state index contributed by atoms with van der Waals surface area (Å²) >= 11 is 1.36. The average molecular weight is 279 g/mol. The van der Waals surface area contributed by atoms with Gasteiger partial charge in [-0.3, -0.25) is 5.41 Å². The highest BCUT2D eigenvalue weighted by atomic mass is 32.1. The Morgan fingerprint density at radius 2 is 1.55 bits per heavy atom. The summed E-state index contributed by atoms with van der Waals surface area (Å²) in [7, 11) is 0. The zero-order valence-electron chi connectivity index (χ0n) is 10.7. The molecule has 0 radical (unpaired) electrons. The van der Waals surface area contributed by atoms with Crippen molar-refractivity contribution < 1.29 is 0 Å². The standard InChI is InChI=1S/C16H13N3S/c17-16-19(14-9-5-2-6-10-14)18-15(20-16)12-11-13-7-3-1-4-8-13/h1-12,17H. The minimum Gasteiger partial charge on any atom is -0.273 e. The van der Waals surface area contributed by atoms with Crippen molar-refractivity contribution in [2.24, 2.45) is 0 Å². The van der Waals surface area contributed by atoms with Gasteiger partial charge in [0.2, 0.25) is 4.80 Å². The van der Waals surface area contributed by atoms with Crippen LogP contribution in [0.5, 0.6) is 0 Å². The molecule has 0 bridgehead atoms. The van der Waals surface area contributed by atoms with Gasteiger partial charge < -0.3 is 0 Å². The minimum atomic E-state index is 0.420. The number of para-hydroxylation sites is 1. The van der Waals surface area contributed by atoms with Crippen molar-refractivity contribution in [1.82, 2.24) is 9.78 Å². The predicted molar refractivity (Wildman–Crippen MR) is 82.7 cm³/mol. The van der Waals surface area contributed by atoms with E-state index in [0.29, 0.717) is 4.80 Å². The largest absolute Gasteiger partial charge is 0.273 e. The molecule has 98 valence electrons. The van der Waals surface area contributed by atoms with Gasteiger partial charge in [-0.2, -0.15) is 5.10 Å². The van der Waals surface area contributed by atoms with E-state index in [1.165, 1.54) is 11.3 Å². The van der Waals surface area contributed by atoms with Gasteiger partial charge in [-0.15, -0.1) is 0 Å². The monoisotopic (exact) mass is 279 g/mol. The predicted octanol–water partition coefficient (Wildman–Crippen LogP) is 3.58. The smallest absolute Gasteiger partial charge is 0.205 e. The van der Waals surface area contributed by atoms with Gasteiger partial charge >= 0.3 is 0 Å². The second-order valence-corrected chi connectivity index (χ2v) is 5.25. The molecule has 0 saturated heterocycles. The van der Waals surface area contributed by atoms with E-state index in [4.69, 9.17) is 5.41 Å². The summed E-state index contributed by atoms with van der Waals surface area (Å²) in [4.78, 5) is 0.420. The highest BCUT2D eigenvalue weighted by molar-refractivity contribution is 7.09. The van der Waals surface area contributed by atoms with Gasteiger partial charge in [-0.05, 0) is 23.8 Å². The first-order valence-corrected chi connectivity index (χ1v) is 7.08. The SMILES string of the molecule is N=c1sc(C=Cc2ccccc2)nn1-c1ccccc1. The van der Waals surface area contributed by atoms with Gasteiger partial charge in [0.15, 0.2) is 0 Å². The molecule has 0 atom stereocenters. The summed E-state index contributed by atoms with van der Waals surface area (Å²) in [6, 6.07) is 19.8. The van der Waals surface area contributed by atoms with E-state index in [0.717, 1.165) is 16.3 Å². The third kappa shape index (κ3) is 2.75. The molecule has 0 fully saturated rings. The van der Waals surface area contributed by atoms with Crippen LogP contribution in [0.2, 0.25) is 0 Å². The van der Waals surface area contributed by atoms with Gasteiger partial charge in [0, 0.05) is 0 Å². The molecule has 4 heteroatoms. The lowest BCUT2D eigenvalue weighted by Gasteiger charge is -1.98. The van der Waals surface area contributed by atoms with Crippen LogP contribution in [0.25, 0.3) is 17.8 Å². The molecule has 0 spiro atoms. The summed E-state index contributed by atoms with van der Waals surface area (Å²) in [5.41, 5.74) is 2.04. The van der Waals surface area contributed by atoms with Crippen LogP contribution in [0.1, 0.15) is 10.6 Å². The van der Waals surface area contributed by atoms with Crippen LogP contribution in [0.4, 0.5) is 0 Å². The fraction of sp³-hybridized carbons (Fsp3) is 0. The van der Waals surface area contributed by atoms with Gasteiger partial charge in [-0.1, -0.05) is 65.9 Å². The Morgan fingerprint density at radius 3 is 2.25 bits per heavy atom. The molecule has 0 aliphatic heterocycles. The summed E-state index contributed by atoms with van der Waals surface area (Å²) in [5, 5.41) is 13.3. The minimum absolute atomic E-state index is 0.420. The second kappa shape index (κ2) is 5.67. The fourth-order valence-corrected chi connectivity index (χ4v) is 2.54. The van der Waals surface area contributed by atoms with Crippen LogP contribution in [0.15, 0.2) is 60.7 Å². The highest BCUT2D eigenvalue weighted by Crippen LogP contribution is 2.10. The molecule has 0 saturated carbocycles. The molecule has 1 heterocycles. The van der Waals surface area contributed by atoms with E-state index >= 15 is 0 Å². The van der Waals surface area contributed by atoms with Crippen molar-refractivity contribution in [1.29, 1.82) is 5.41 Å². The Morgan fingerprint density at radius 1 is 0.900 bits per heavy atom. The van der Waals surface area contributed by atoms with E-state index < -0.39 is 0 Å². The number of hydrogen-bond acceptors (Lipinski definition) is 3. The molecule has 1 aromatic heterocycles. The molecule has 3 nitrogen and oxygen atoms in total. The number of hydrogen-bond donors (Lipinski definition) is 1. The Labute approximate surface area is 121 Å². The van der Waals surface area contributed by atoms with Crippen molar-refractivity contribution in [2.45, 2.75) is 0 Å². The highest BCUT2D eigenvalue weighted by Gasteiger charge is 2.02. The average Bonchev–Trinajstić information content (AvgIpc) is 2.88. The number of rotatable bonds is 3. The summed E-state index contributed by atoms with van der Waals surface area (Å²) in [6.07, 6.45) is 3.95. The van der Waals surface area contributed by atoms with Crippen molar-refractivity contribution >= 4 is 23.5 Å². The molecule has 3 aromatic rings. The number of nitrogens with one attached hydrogen (secondary N) is 1. The first-order valence-electron chi connectivity index (χ1n) is 6.26. The lowest BCUT2D eigenvalue weighted by Crippen LogP contribution is -2.11. The van der Waals surface area contributed by atoms with Gasteiger partial charge in [0.05, 0.1) is 5.69 Å². The number of aromatic nitrogens is 2. The first kappa shape index (κ1) is 12.6. The van der Waals surface area contributed by atoms with Crippen LogP contribution in [0.3, 0.4) is 0 Å². The topological polar surface area (TPSA) is 41.7 Å². The lowest BCUT2D eigenvalue weighted by molar-refractivity contribution is 0.818. The van der Waals surface area contributed by atoms with E-state index in [2.05, 4.69) is 5.10 Å². The molecule has 0 amide bonds. The molecule has 2 aromatic carbocycles. The second-order valence-electron chi connectivity index (χ2n) is 4.24. The van der Waals surface area contributed by atoms with Crippen molar-refractivity contribution in [3.8, 4) is 5.69 Å². The maximum absolute atomic E-state index is 8.00. The van der Waals surface area contributed by atoms with E-state index in [-0.39, 0.29) is 0 Å². The Bertz CT molecular complexity index is 770. The maximum atomic E-state index is 8.00. The summed E-state index contributed by atoms with van der Waals surface area (Å²) < 4.78 is 1.65. The normalized spacial score (nSPS) is 11.0. The van der Waals surface area contributed by atoms with Crippen LogP contribution in [-0.4, -0.2) is 9.78 Å². The third-order valence-electron chi connectivity index (χ3n) is 2.81. The van der Waals surface area contributed by atoms with Crippen molar-refractivity contribution in [3.63, 3.8) is 0 Å². The van der Waals surface area contributed by atoms with Crippen LogP contribution in [-0.2, 0) is 0 Å². The fourth-order valence-electron chi connectivity index (χ4n) is 1.85. The first-order chi connectivity index (χ1) is 9.83. The van der Waals surface area contributed by atoms with Gasteiger partial charge in [-0.25, -0.2) is 4.68 Å². The molecule has 0 aliphatic rings. The van der Waals surface area contributed by atoms with Gasteiger partial charge in [0.25, 0.3) is 0 Å². The van der Waals surface area contributed by atoms with Crippen LogP contribution >= 0.6 is 11.3 Å². The van der Waals surface area contributed by atoms with E-state index in [1.807, 2.05) is 72.8 Å². The van der Waals surface area contributed by atoms with Gasteiger partial charge in [0.1, 0.15) is 5.01 Å². The van der Waals surface area contributed by atoms with Crippen LogP contribution in [0, 0.1) is 5.41 Å².